The van der Waals surface area contributed by atoms with Crippen LogP contribution in [0.5, 0.6) is 0 Å². The molecule has 0 saturated carbocycles. The number of nitrogens with one attached hydrogen (secondary N) is 1. The van der Waals surface area contributed by atoms with E-state index in [-0.39, 0.29) is 5.91 Å². The zero-order chi connectivity index (χ0) is 17.1. The van der Waals surface area contributed by atoms with Crippen LogP contribution in [-0.4, -0.2) is 25.5 Å². The summed E-state index contributed by atoms with van der Waals surface area (Å²) in [5.74, 6) is -0.297. The molecule has 6 nitrogen and oxygen atoms in total. The van der Waals surface area contributed by atoms with E-state index in [2.05, 4.69) is 34.6 Å². The molecule has 0 aliphatic carbocycles. The van der Waals surface area contributed by atoms with Gasteiger partial charge in [0.1, 0.15) is 5.69 Å². The maximum Gasteiger partial charge on any atom is 0.275 e. The molecule has 24 heavy (non-hydrogen) atoms. The quantitative estimate of drug-likeness (QED) is 0.772. The molecule has 0 spiro atoms. The van der Waals surface area contributed by atoms with Crippen molar-refractivity contribution in [3.8, 4) is 0 Å². The fourth-order valence-corrected chi connectivity index (χ4v) is 2.76. The van der Waals surface area contributed by atoms with E-state index in [9.17, 15) is 4.79 Å². The number of carbonyl (C=O) groups excluding carboxylic acids is 1. The maximum atomic E-state index is 12.4. The summed E-state index contributed by atoms with van der Waals surface area (Å²) >= 11 is 6.05. The van der Waals surface area contributed by atoms with Gasteiger partial charge in [-0.05, 0) is 19.4 Å². The molecule has 1 N–H and O–H groups in total. The second-order valence-corrected chi connectivity index (χ2v) is 5.93. The smallest absolute Gasteiger partial charge is 0.275 e. The van der Waals surface area contributed by atoms with Gasteiger partial charge in [0.2, 0.25) is 0 Å². The van der Waals surface area contributed by atoms with E-state index in [1.54, 1.807) is 21.8 Å². The number of aromatic nitrogens is 4. The first-order valence-corrected chi connectivity index (χ1v) is 8.05. The normalized spacial score (nSPS) is 10.8. The third-order valence-electron chi connectivity index (χ3n) is 3.63. The second-order valence-electron chi connectivity index (χ2n) is 5.53. The standard InChI is InChI=1S/C17H18ClN5O/c1-3-23-16(15(18)9-20-23)17(24)21-14-8-19-22(11-14)10-13-6-4-5-12(2)7-13/h4-9,11H,3,10H2,1-2H3,(H,21,24). The number of hydrogen-bond donors (Lipinski definition) is 1. The molecule has 0 radical (unpaired) electrons. The van der Waals surface area contributed by atoms with E-state index >= 15 is 0 Å². The number of hydrogen-bond acceptors (Lipinski definition) is 3. The molecule has 3 rings (SSSR count). The summed E-state index contributed by atoms with van der Waals surface area (Å²) in [5.41, 5.74) is 3.33. The van der Waals surface area contributed by atoms with Crippen LogP contribution in [0.2, 0.25) is 5.02 Å². The zero-order valence-electron chi connectivity index (χ0n) is 13.5. The average molecular weight is 344 g/mol. The lowest BCUT2D eigenvalue weighted by Crippen LogP contribution is -2.17. The Morgan fingerprint density at radius 2 is 2.12 bits per heavy atom. The number of halogens is 1. The summed E-state index contributed by atoms with van der Waals surface area (Å²) in [4.78, 5) is 12.4. The monoisotopic (exact) mass is 343 g/mol. The van der Waals surface area contributed by atoms with E-state index in [0.717, 1.165) is 5.56 Å². The van der Waals surface area contributed by atoms with Gasteiger partial charge in [-0.1, -0.05) is 41.4 Å². The van der Waals surface area contributed by atoms with Crippen molar-refractivity contribution >= 4 is 23.2 Å². The van der Waals surface area contributed by atoms with Gasteiger partial charge in [0.05, 0.1) is 29.6 Å². The maximum absolute atomic E-state index is 12.4. The summed E-state index contributed by atoms with van der Waals surface area (Å²) in [7, 11) is 0. The van der Waals surface area contributed by atoms with Crippen LogP contribution in [0.25, 0.3) is 0 Å². The van der Waals surface area contributed by atoms with E-state index in [4.69, 9.17) is 11.6 Å². The number of amides is 1. The van der Waals surface area contributed by atoms with Crippen LogP contribution >= 0.6 is 11.6 Å². The van der Waals surface area contributed by atoms with E-state index < -0.39 is 0 Å². The molecule has 124 valence electrons. The summed E-state index contributed by atoms with van der Waals surface area (Å²) in [6.07, 6.45) is 4.89. The molecular weight excluding hydrogens is 326 g/mol. The summed E-state index contributed by atoms with van der Waals surface area (Å²) in [6.45, 7) is 5.17. The Balaban J connectivity index is 1.72. The zero-order valence-corrected chi connectivity index (χ0v) is 14.3. The van der Waals surface area contributed by atoms with Gasteiger partial charge >= 0.3 is 0 Å². The van der Waals surface area contributed by atoms with Crippen LogP contribution in [0.15, 0.2) is 42.9 Å². The molecule has 0 fully saturated rings. The molecule has 0 bridgehead atoms. The van der Waals surface area contributed by atoms with Gasteiger partial charge in [-0.25, -0.2) is 0 Å². The van der Waals surface area contributed by atoms with Crippen LogP contribution in [0.1, 0.15) is 28.5 Å². The van der Waals surface area contributed by atoms with E-state index in [1.807, 2.05) is 19.1 Å². The Kier molecular flexibility index (Phi) is 4.66. The van der Waals surface area contributed by atoms with Crippen molar-refractivity contribution in [1.29, 1.82) is 0 Å². The molecule has 1 amide bonds. The fraction of sp³-hybridized carbons (Fsp3) is 0.235. The average Bonchev–Trinajstić information content (AvgIpc) is 3.13. The van der Waals surface area contributed by atoms with Crippen molar-refractivity contribution in [2.75, 3.05) is 5.32 Å². The van der Waals surface area contributed by atoms with Crippen LogP contribution in [0, 0.1) is 6.92 Å². The molecule has 0 atom stereocenters. The first-order valence-electron chi connectivity index (χ1n) is 7.67. The minimum Gasteiger partial charge on any atom is -0.318 e. The number of benzene rings is 1. The highest BCUT2D eigenvalue weighted by Crippen LogP contribution is 2.17. The number of anilines is 1. The molecule has 1 aromatic carbocycles. The molecule has 0 aliphatic rings. The third kappa shape index (κ3) is 3.49. The van der Waals surface area contributed by atoms with Gasteiger partial charge in [-0.3, -0.25) is 14.2 Å². The van der Waals surface area contributed by atoms with Gasteiger partial charge in [0.15, 0.2) is 0 Å². The van der Waals surface area contributed by atoms with Crippen molar-refractivity contribution in [1.82, 2.24) is 19.6 Å². The van der Waals surface area contributed by atoms with Crippen molar-refractivity contribution < 1.29 is 4.79 Å². The highest BCUT2D eigenvalue weighted by atomic mass is 35.5. The lowest BCUT2D eigenvalue weighted by atomic mass is 10.1. The van der Waals surface area contributed by atoms with Crippen LogP contribution in [0.4, 0.5) is 5.69 Å². The van der Waals surface area contributed by atoms with Crippen molar-refractivity contribution in [2.45, 2.75) is 26.9 Å². The van der Waals surface area contributed by atoms with Crippen molar-refractivity contribution in [2.24, 2.45) is 0 Å². The minimum absolute atomic E-state index is 0.297. The Morgan fingerprint density at radius 3 is 2.88 bits per heavy atom. The first-order chi connectivity index (χ1) is 11.6. The third-order valence-corrected chi connectivity index (χ3v) is 3.90. The van der Waals surface area contributed by atoms with E-state index in [1.165, 1.54) is 11.8 Å². The van der Waals surface area contributed by atoms with Gasteiger partial charge in [0.25, 0.3) is 5.91 Å². The lowest BCUT2D eigenvalue weighted by Gasteiger charge is -2.05. The van der Waals surface area contributed by atoms with Crippen LogP contribution in [-0.2, 0) is 13.1 Å². The highest BCUT2D eigenvalue weighted by molar-refractivity contribution is 6.34. The number of carbonyl (C=O) groups is 1. The predicted octanol–water partition coefficient (Wildman–Crippen LogP) is 3.36. The Hall–Kier alpha value is -2.60. The van der Waals surface area contributed by atoms with Gasteiger partial charge in [0, 0.05) is 12.7 Å². The second kappa shape index (κ2) is 6.88. The van der Waals surface area contributed by atoms with Gasteiger partial charge < -0.3 is 5.32 Å². The molecular formula is C17H18ClN5O. The molecule has 7 heteroatoms. The largest absolute Gasteiger partial charge is 0.318 e. The Bertz CT molecular complexity index is 868. The number of rotatable bonds is 5. The molecule has 2 aromatic heterocycles. The predicted molar refractivity (Wildman–Crippen MR) is 93.4 cm³/mol. The Morgan fingerprint density at radius 1 is 1.29 bits per heavy atom. The summed E-state index contributed by atoms with van der Waals surface area (Å²) in [6, 6.07) is 8.23. The topological polar surface area (TPSA) is 64.7 Å². The Labute approximate surface area is 145 Å². The minimum atomic E-state index is -0.297. The van der Waals surface area contributed by atoms with Crippen LogP contribution in [0.3, 0.4) is 0 Å². The van der Waals surface area contributed by atoms with Gasteiger partial charge in [-0.2, -0.15) is 10.2 Å². The lowest BCUT2D eigenvalue weighted by molar-refractivity contribution is 0.101. The SMILES string of the molecule is CCn1ncc(Cl)c1C(=O)Nc1cnn(Cc2cccc(C)c2)c1. The first kappa shape index (κ1) is 16.3. The van der Waals surface area contributed by atoms with Crippen molar-refractivity contribution in [3.63, 3.8) is 0 Å². The van der Waals surface area contributed by atoms with Gasteiger partial charge in [-0.15, -0.1) is 0 Å². The van der Waals surface area contributed by atoms with Crippen molar-refractivity contribution in [3.05, 3.63) is 64.7 Å². The fourth-order valence-electron chi connectivity index (χ4n) is 2.53. The molecule has 0 saturated heterocycles. The summed E-state index contributed by atoms with van der Waals surface area (Å²) in [5, 5.41) is 11.5. The molecule has 3 aromatic rings. The summed E-state index contributed by atoms with van der Waals surface area (Å²) < 4.78 is 3.35. The molecule has 2 heterocycles. The van der Waals surface area contributed by atoms with Crippen LogP contribution < -0.4 is 5.32 Å². The molecule has 0 aliphatic heterocycles. The highest BCUT2D eigenvalue weighted by Gasteiger charge is 2.17. The number of nitrogens with zero attached hydrogens (tertiary/aromatic N) is 4. The number of aryl methyl sites for hydroxylation is 2. The van der Waals surface area contributed by atoms with E-state index in [0.29, 0.717) is 29.5 Å². The molecule has 0 unspecified atom stereocenters.